The Hall–Kier alpha value is -1.81. The van der Waals surface area contributed by atoms with Crippen LogP contribution in [0.25, 0.3) is 10.4 Å². The molecule has 23 heavy (non-hydrogen) atoms. The van der Waals surface area contributed by atoms with Crippen LogP contribution < -0.4 is 10.1 Å². The summed E-state index contributed by atoms with van der Waals surface area (Å²) >= 11 is 1.60. The molecule has 3 nitrogen and oxygen atoms in total. The van der Waals surface area contributed by atoms with Gasteiger partial charge in [-0.15, -0.1) is 11.3 Å². The van der Waals surface area contributed by atoms with Crippen molar-refractivity contribution < 1.29 is 9.53 Å². The minimum absolute atomic E-state index is 0.0505. The number of hydrogen-bond donors (Lipinski definition) is 1. The number of benzene rings is 1. The molecule has 0 spiro atoms. The van der Waals surface area contributed by atoms with Gasteiger partial charge < -0.3 is 10.1 Å². The number of ether oxygens (including phenoxy) is 1. The van der Waals surface area contributed by atoms with Crippen LogP contribution in [0.4, 0.5) is 0 Å². The van der Waals surface area contributed by atoms with Gasteiger partial charge in [-0.2, -0.15) is 0 Å². The Balaban J connectivity index is 1.83. The van der Waals surface area contributed by atoms with Crippen molar-refractivity contribution in [3.8, 4) is 16.2 Å². The molecule has 0 saturated heterocycles. The second-order valence-corrected chi connectivity index (χ2v) is 7.48. The van der Waals surface area contributed by atoms with Crippen molar-refractivity contribution in [3.05, 3.63) is 40.3 Å². The van der Waals surface area contributed by atoms with E-state index in [9.17, 15) is 4.79 Å². The Morgan fingerprint density at radius 1 is 1.26 bits per heavy atom. The molecule has 1 amide bonds. The molecule has 2 aromatic rings. The van der Waals surface area contributed by atoms with E-state index in [1.807, 2.05) is 6.07 Å². The van der Waals surface area contributed by atoms with Crippen molar-refractivity contribution in [2.75, 3.05) is 13.7 Å². The zero-order valence-corrected chi connectivity index (χ0v) is 14.8. The van der Waals surface area contributed by atoms with Gasteiger partial charge in [0.1, 0.15) is 5.75 Å². The zero-order chi connectivity index (χ0) is 16.4. The van der Waals surface area contributed by atoms with Crippen LogP contribution in [-0.4, -0.2) is 19.6 Å². The molecule has 0 radical (unpaired) electrons. The van der Waals surface area contributed by atoms with Crippen LogP contribution in [-0.2, 0) is 12.8 Å². The molecule has 0 fully saturated rings. The Kier molecular flexibility index (Phi) is 4.71. The number of hydrogen-bond acceptors (Lipinski definition) is 3. The molecule has 1 N–H and O–H groups in total. The number of fused-ring (bicyclic) bond motifs is 3. The topological polar surface area (TPSA) is 38.3 Å². The number of aryl methyl sites for hydroxylation is 2. The summed E-state index contributed by atoms with van der Waals surface area (Å²) in [6.45, 7) is 5.07. The number of nitrogens with one attached hydrogen (secondary N) is 1. The summed E-state index contributed by atoms with van der Waals surface area (Å²) in [7, 11) is 1.69. The van der Waals surface area contributed by atoms with Crippen LogP contribution in [0.5, 0.6) is 5.75 Å². The first-order chi connectivity index (χ1) is 11.1. The first kappa shape index (κ1) is 16.1. The largest absolute Gasteiger partial charge is 0.497 e. The van der Waals surface area contributed by atoms with E-state index in [-0.39, 0.29) is 5.91 Å². The summed E-state index contributed by atoms with van der Waals surface area (Å²) in [5.74, 6) is 1.52. The van der Waals surface area contributed by atoms with Crippen LogP contribution in [0, 0.1) is 5.92 Å². The van der Waals surface area contributed by atoms with Crippen LogP contribution in [0.1, 0.15) is 41.1 Å². The molecule has 1 aliphatic carbocycles. The Bertz CT molecular complexity index is 718. The third-order valence-electron chi connectivity index (χ3n) is 4.27. The average molecular weight is 329 g/mol. The third-order valence-corrected chi connectivity index (χ3v) is 5.47. The lowest BCUT2D eigenvalue weighted by molar-refractivity contribution is 0.0956. The molecule has 1 aliphatic rings. The Morgan fingerprint density at radius 3 is 2.78 bits per heavy atom. The predicted molar refractivity (Wildman–Crippen MR) is 95.5 cm³/mol. The maximum Gasteiger partial charge on any atom is 0.261 e. The summed E-state index contributed by atoms with van der Waals surface area (Å²) in [4.78, 5) is 14.4. The van der Waals surface area contributed by atoms with Crippen molar-refractivity contribution in [1.82, 2.24) is 5.32 Å². The summed E-state index contributed by atoms with van der Waals surface area (Å²) in [6, 6.07) is 8.30. The third kappa shape index (κ3) is 3.42. The molecule has 0 bridgehead atoms. The second-order valence-electron chi connectivity index (χ2n) is 6.43. The fraction of sp³-hybridized carbons (Fsp3) is 0.421. The van der Waals surface area contributed by atoms with Gasteiger partial charge in [0.05, 0.1) is 12.0 Å². The molecule has 0 unspecified atom stereocenters. The monoisotopic (exact) mass is 329 g/mol. The van der Waals surface area contributed by atoms with Crippen LogP contribution in [0.15, 0.2) is 24.3 Å². The van der Waals surface area contributed by atoms with Crippen molar-refractivity contribution in [2.45, 2.75) is 33.1 Å². The van der Waals surface area contributed by atoms with E-state index >= 15 is 0 Å². The minimum Gasteiger partial charge on any atom is -0.497 e. The van der Waals surface area contributed by atoms with E-state index < -0.39 is 0 Å². The predicted octanol–water partition coefficient (Wildman–Crippen LogP) is 4.30. The quantitative estimate of drug-likeness (QED) is 0.888. The molecule has 1 aromatic carbocycles. The Morgan fingerprint density at radius 2 is 2.04 bits per heavy atom. The van der Waals surface area contributed by atoms with Crippen LogP contribution in [0.2, 0.25) is 0 Å². The van der Waals surface area contributed by atoms with Crippen molar-refractivity contribution >= 4 is 17.2 Å². The molecule has 122 valence electrons. The summed E-state index contributed by atoms with van der Waals surface area (Å²) in [6.07, 6.45) is 3.04. The van der Waals surface area contributed by atoms with E-state index in [0.29, 0.717) is 5.92 Å². The lowest BCUT2D eigenvalue weighted by Crippen LogP contribution is -2.24. The van der Waals surface area contributed by atoms with Crippen LogP contribution >= 0.6 is 11.3 Å². The number of carbonyl (C=O) groups is 1. The van der Waals surface area contributed by atoms with Crippen LogP contribution in [0.3, 0.4) is 0 Å². The van der Waals surface area contributed by atoms with Gasteiger partial charge in [-0.1, -0.05) is 19.9 Å². The maximum atomic E-state index is 12.4. The zero-order valence-electron chi connectivity index (χ0n) is 13.9. The van der Waals surface area contributed by atoms with Gasteiger partial charge in [-0.05, 0) is 60.1 Å². The lowest BCUT2D eigenvalue weighted by atomic mass is 9.91. The molecule has 1 heterocycles. The molecular weight excluding hydrogens is 306 g/mol. The van der Waals surface area contributed by atoms with Crippen molar-refractivity contribution in [2.24, 2.45) is 5.92 Å². The standard InChI is InChI=1S/C19H23NO2S/c1-12(2)8-9-20-19(21)17-10-14-5-4-13-6-7-15(22-3)11-16(13)18(14)23-17/h6-7,10-12H,4-5,8-9H2,1-3H3,(H,20,21). The van der Waals surface area contributed by atoms with Gasteiger partial charge in [0.2, 0.25) is 0 Å². The first-order valence-corrected chi connectivity index (χ1v) is 8.98. The smallest absolute Gasteiger partial charge is 0.261 e. The van der Waals surface area contributed by atoms with E-state index in [2.05, 4.69) is 37.4 Å². The number of amides is 1. The second kappa shape index (κ2) is 6.75. The van der Waals surface area contributed by atoms with Gasteiger partial charge in [0, 0.05) is 11.4 Å². The van der Waals surface area contributed by atoms with E-state index in [1.165, 1.54) is 21.6 Å². The van der Waals surface area contributed by atoms with E-state index in [1.54, 1.807) is 18.4 Å². The van der Waals surface area contributed by atoms with E-state index in [4.69, 9.17) is 4.74 Å². The molecule has 4 heteroatoms. The number of thiophene rings is 1. The van der Waals surface area contributed by atoms with Gasteiger partial charge >= 0.3 is 0 Å². The number of methoxy groups -OCH3 is 1. The van der Waals surface area contributed by atoms with Crippen molar-refractivity contribution in [3.63, 3.8) is 0 Å². The van der Waals surface area contributed by atoms with E-state index in [0.717, 1.165) is 36.4 Å². The number of rotatable bonds is 5. The first-order valence-electron chi connectivity index (χ1n) is 8.16. The number of carbonyl (C=O) groups excluding carboxylic acids is 1. The van der Waals surface area contributed by atoms with Gasteiger partial charge in [0.15, 0.2) is 0 Å². The highest BCUT2D eigenvalue weighted by Gasteiger charge is 2.22. The van der Waals surface area contributed by atoms with Gasteiger partial charge in [-0.25, -0.2) is 0 Å². The molecule has 1 aromatic heterocycles. The lowest BCUT2D eigenvalue weighted by Gasteiger charge is -2.16. The maximum absolute atomic E-state index is 12.4. The molecule has 0 atom stereocenters. The fourth-order valence-electron chi connectivity index (χ4n) is 2.90. The van der Waals surface area contributed by atoms with Crippen molar-refractivity contribution in [1.29, 1.82) is 0 Å². The fourth-order valence-corrected chi connectivity index (χ4v) is 4.08. The molecule has 0 aliphatic heterocycles. The Labute approximate surface area is 141 Å². The van der Waals surface area contributed by atoms with Gasteiger partial charge in [-0.3, -0.25) is 4.79 Å². The molecule has 3 rings (SSSR count). The summed E-state index contributed by atoms with van der Waals surface area (Å²) in [5.41, 5.74) is 3.84. The molecular formula is C19H23NO2S. The highest BCUT2D eigenvalue weighted by molar-refractivity contribution is 7.17. The summed E-state index contributed by atoms with van der Waals surface area (Å²) < 4.78 is 5.35. The average Bonchev–Trinajstić information content (AvgIpc) is 2.98. The summed E-state index contributed by atoms with van der Waals surface area (Å²) in [5, 5.41) is 3.03. The molecule has 0 saturated carbocycles. The highest BCUT2D eigenvalue weighted by Crippen LogP contribution is 2.41. The SMILES string of the molecule is COc1ccc2c(c1)-c1sc(C(=O)NCCC(C)C)cc1CC2. The minimum atomic E-state index is 0.0505. The highest BCUT2D eigenvalue weighted by atomic mass is 32.1. The van der Waals surface area contributed by atoms with Gasteiger partial charge in [0.25, 0.3) is 5.91 Å². The normalized spacial score (nSPS) is 12.7.